The molecular formula is C18H22N4O2. The number of rotatable bonds is 5. The van der Waals surface area contributed by atoms with Crippen molar-refractivity contribution >= 4 is 22.7 Å². The average molecular weight is 326 g/mol. The third-order valence-corrected chi connectivity index (χ3v) is 4.79. The van der Waals surface area contributed by atoms with Crippen LogP contribution < -0.4 is 5.32 Å². The highest BCUT2D eigenvalue weighted by Gasteiger charge is 2.24. The Kier molecular flexibility index (Phi) is 4.99. The number of nitrogens with one attached hydrogen (secondary N) is 2. The van der Waals surface area contributed by atoms with E-state index < -0.39 is 0 Å². The fourth-order valence-corrected chi connectivity index (χ4v) is 3.59. The predicted molar refractivity (Wildman–Crippen MR) is 91.6 cm³/mol. The maximum Gasteiger partial charge on any atom is 0.341 e. The maximum absolute atomic E-state index is 12.1. The zero-order chi connectivity index (χ0) is 16.9. The highest BCUT2D eigenvalue weighted by atomic mass is 16.5. The number of fused-ring (bicyclic) bond motifs is 1. The van der Waals surface area contributed by atoms with Gasteiger partial charge >= 0.3 is 5.97 Å². The first kappa shape index (κ1) is 16.3. The summed E-state index contributed by atoms with van der Waals surface area (Å²) in [6, 6.07) is 4.46. The van der Waals surface area contributed by atoms with E-state index in [-0.39, 0.29) is 5.97 Å². The number of carbonyl (C=O) groups is 1. The molecule has 1 fully saturated rings. The van der Waals surface area contributed by atoms with E-state index in [4.69, 9.17) is 10.00 Å². The standard InChI is InChI=1S/C18H22N4O2/c1-24-18(23)15-11-21-17-14(7-9-20-17)16(15)22-13-6-2-4-12(10-13)5-3-8-19/h7,9,11-13H,2-6,10H2,1H3,(H2,20,21,22)/t12-,13+/m1/s1. The minimum Gasteiger partial charge on any atom is -0.465 e. The average Bonchev–Trinajstić information content (AvgIpc) is 3.09. The Morgan fingerprint density at radius 2 is 2.42 bits per heavy atom. The number of methoxy groups -OCH3 is 1. The predicted octanol–water partition coefficient (Wildman–Crippen LogP) is 3.62. The molecule has 0 aromatic carbocycles. The smallest absolute Gasteiger partial charge is 0.341 e. The molecule has 126 valence electrons. The molecule has 2 aromatic heterocycles. The highest BCUT2D eigenvalue weighted by Crippen LogP contribution is 2.33. The summed E-state index contributed by atoms with van der Waals surface area (Å²) in [7, 11) is 1.38. The van der Waals surface area contributed by atoms with Crippen LogP contribution in [0.1, 0.15) is 48.9 Å². The number of hydrogen-bond acceptors (Lipinski definition) is 5. The molecule has 2 atom stereocenters. The molecule has 0 spiro atoms. The number of pyridine rings is 1. The minimum atomic E-state index is -0.384. The van der Waals surface area contributed by atoms with Gasteiger partial charge in [0.1, 0.15) is 11.2 Å². The summed E-state index contributed by atoms with van der Waals surface area (Å²) in [5, 5.41) is 13.2. The molecule has 1 saturated carbocycles. The lowest BCUT2D eigenvalue weighted by Crippen LogP contribution is -2.28. The van der Waals surface area contributed by atoms with E-state index in [0.29, 0.717) is 23.9 Å². The Balaban J connectivity index is 1.84. The lowest BCUT2D eigenvalue weighted by atomic mass is 9.83. The van der Waals surface area contributed by atoms with E-state index in [1.54, 1.807) is 6.20 Å². The highest BCUT2D eigenvalue weighted by molar-refractivity contribution is 6.04. The van der Waals surface area contributed by atoms with Gasteiger partial charge < -0.3 is 15.0 Å². The fraction of sp³-hybridized carbons (Fsp3) is 0.500. The van der Waals surface area contributed by atoms with Crippen molar-refractivity contribution in [1.82, 2.24) is 9.97 Å². The number of aromatic nitrogens is 2. The summed E-state index contributed by atoms with van der Waals surface area (Å²) in [5.74, 6) is 0.186. The zero-order valence-corrected chi connectivity index (χ0v) is 13.8. The molecule has 0 bridgehead atoms. The summed E-state index contributed by atoms with van der Waals surface area (Å²) >= 11 is 0. The number of anilines is 1. The second-order valence-electron chi connectivity index (χ2n) is 6.35. The SMILES string of the molecule is COC(=O)c1cnc2[nH]ccc2c1N[C@H]1CCC[C@H](CCC#N)C1. The molecule has 0 amide bonds. The Morgan fingerprint density at radius 1 is 1.54 bits per heavy atom. The van der Waals surface area contributed by atoms with Crippen LogP contribution in [0, 0.1) is 17.2 Å². The summed E-state index contributed by atoms with van der Waals surface area (Å²) in [6.07, 6.45) is 9.36. The quantitative estimate of drug-likeness (QED) is 0.819. The van der Waals surface area contributed by atoms with Gasteiger partial charge in [-0.25, -0.2) is 9.78 Å². The maximum atomic E-state index is 12.1. The van der Waals surface area contributed by atoms with Crippen LogP contribution in [0.15, 0.2) is 18.5 Å². The molecule has 2 N–H and O–H groups in total. The van der Waals surface area contributed by atoms with E-state index >= 15 is 0 Å². The molecule has 0 unspecified atom stereocenters. The molecule has 2 heterocycles. The molecule has 1 aliphatic carbocycles. The van der Waals surface area contributed by atoms with Crippen LogP contribution in [0.25, 0.3) is 11.0 Å². The van der Waals surface area contributed by atoms with E-state index in [2.05, 4.69) is 21.4 Å². The minimum absolute atomic E-state index is 0.298. The fourth-order valence-electron chi connectivity index (χ4n) is 3.59. The summed E-state index contributed by atoms with van der Waals surface area (Å²) in [5.41, 5.74) is 2.00. The molecule has 0 saturated heterocycles. The van der Waals surface area contributed by atoms with Gasteiger partial charge in [-0.15, -0.1) is 0 Å². The number of H-pyrrole nitrogens is 1. The van der Waals surface area contributed by atoms with Gasteiger partial charge in [0.25, 0.3) is 0 Å². The van der Waals surface area contributed by atoms with Crippen LogP contribution in [0.5, 0.6) is 0 Å². The summed E-state index contributed by atoms with van der Waals surface area (Å²) in [4.78, 5) is 19.5. The van der Waals surface area contributed by atoms with Crippen molar-refractivity contribution in [3.05, 3.63) is 24.0 Å². The Hall–Kier alpha value is -2.55. The molecule has 24 heavy (non-hydrogen) atoms. The molecule has 3 rings (SSSR count). The second-order valence-corrected chi connectivity index (χ2v) is 6.35. The van der Waals surface area contributed by atoms with Crippen molar-refractivity contribution < 1.29 is 9.53 Å². The van der Waals surface area contributed by atoms with Crippen LogP contribution in [-0.2, 0) is 4.74 Å². The number of esters is 1. The van der Waals surface area contributed by atoms with Gasteiger partial charge in [-0.05, 0) is 31.2 Å². The Bertz CT molecular complexity index is 762. The third-order valence-electron chi connectivity index (χ3n) is 4.79. The van der Waals surface area contributed by atoms with E-state index in [0.717, 1.165) is 42.4 Å². The lowest BCUT2D eigenvalue weighted by molar-refractivity contribution is 0.0601. The first-order valence-electron chi connectivity index (χ1n) is 8.40. The van der Waals surface area contributed by atoms with Crippen molar-refractivity contribution in [3.8, 4) is 6.07 Å². The van der Waals surface area contributed by atoms with Gasteiger partial charge in [-0.3, -0.25) is 0 Å². The van der Waals surface area contributed by atoms with Crippen molar-refractivity contribution in [2.75, 3.05) is 12.4 Å². The number of hydrogen-bond donors (Lipinski definition) is 2. The van der Waals surface area contributed by atoms with Crippen molar-refractivity contribution in [2.45, 2.75) is 44.6 Å². The summed E-state index contributed by atoms with van der Waals surface area (Å²) in [6.45, 7) is 0. The molecule has 1 aliphatic rings. The second kappa shape index (κ2) is 7.35. The van der Waals surface area contributed by atoms with Crippen LogP contribution in [0.4, 0.5) is 5.69 Å². The van der Waals surface area contributed by atoms with Crippen LogP contribution in [-0.4, -0.2) is 29.1 Å². The van der Waals surface area contributed by atoms with E-state index in [9.17, 15) is 4.79 Å². The van der Waals surface area contributed by atoms with E-state index in [1.165, 1.54) is 13.5 Å². The normalized spacial score (nSPS) is 20.5. The third kappa shape index (κ3) is 3.35. The number of nitrogens with zero attached hydrogens (tertiary/aromatic N) is 2. The molecule has 6 nitrogen and oxygen atoms in total. The molecule has 2 aromatic rings. The number of aromatic amines is 1. The van der Waals surface area contributed by atoms with Gasteiger partial charge in [-0.2, -0.15) is 5.26 Å². The molecular weight excluding hydrogens is 304 g/mol. The van der Waals surface area contributed by atoms with Gasteiger partial charge in [0.2, 0.25) is 0 Å². The summed E-state index contributed by atoms with van der Waals surface area (Å²) < 4.78 is 4.90. The first-order chi connectivity index (χ1) is 11.7. The zero-order valence-electron chi connectivity index (χ0n) is 13.8. The first-order valence-corrected chi connectivity index (χ1v) is 8.40. The van der Waals surface area contributed by atoms with Crippen LogP contribution >= 0.6 is 0 Å². The van der Waals surface area contributed by atoms with Crippen molar-refractivity contribution in [2.24, 2.45) is 5.92 Å². The monoisotopic (exact) mass is 326 g/mol. The number of nitriles is 1. The van der Waals surface area contributed by atoms with Gasteiger partial charge in [0, 0.05) is 30.2 Å². The molecule has 6 heteroatoms. The molecule has 0 radical (unpaired) electrons. The molecule has 0 aliphatic heterocycles. The topological polar surface area (TPSA) is 90.8 Å². The van der Waals surface area contributed by atoms with Crippen LogP contribution in [0.2, 0.25) is 0 Å². The van der Waals surface area contributed by atoms with Crippen molar-refractivity contribution in [1.29, 1.82) is 5.26 Å². The van der Waals surface area contributed by atoms with Crippen LogP contribution in [0.3, 0.4) is 0 Å². The lowest BCUT2D eigenvalue weighted by Gasteiger charge is -2.30. The number of carbonyl (C=O) groups excluding carboxylic acids is 1. The number of ether oxygens (including phenoxy) is 1. The van der Waals surface area contributed by atoms with Gasteiger partial charge in [0.05, 0.1) is 18.9 Å². The van der Waals surface area contributed by atoms with Crippen molar-refractivity contribution in [3.63, 3.8) is 0 Å². The van der Waals surface area contributed by atoms with Gasteiger partial charge in [0.15, 0.2) is 0 Å². The van der Waals surface area contributed by atoms with E-state index in [1.807, 2.05) is 12.3 Å². The Morgan fingerprint density at radius 3 is 3.21 bits per heavy atom. The Labute approximate surface area is 141 Å². The largest absolute Gasteiger partial charge is 0.465 e. The van der Waals surface area contributed by atoms with Gasteiger partial charge in [-0.1, -0.05) is 12.8 Å².